The van der Waals surface area contributed by atoms with Gasteiger partial charge in [-0.3, -0.25) is 4.79 Å². The Bertz CT molecular complexity index is 989. The van der Waals surface area contributed by atoms with Gasteiger partial charge in [-0.2, -0.15) is 0 Å². The number of carbonyl (C=O) groups excluding carboxylic acids is 1. The minimum Gasteiger partial charge on any atom is -0.496 e. The highest BCUT2D eigenvalue weighted by molar-refractivity contribution is 7.99. The first-order chi connectivity index (χ1) is 14.6. The number of hydrogen-bond acceptors (Lipinski definition) is 8. The Morgan fingerprint density at radius 3 is 2.50 bits per heavy atom. The van der Waals surface area contributed by atoms with Crippen molar-refractivity contribution in [2.75, 3.05) is 27.1 Å². The molecule has 160 valence electrons. The summed E-state index contributed by atoms with van der Waals surface area (Å²) in [5.74, 6) is 2.71. The van der Waals surface area contributed by atoms with Crippen LogP contribution in [0.25, 0.3) is 10.7 Å². The molecule has 0 aliphatic carbocycles. The van der Waals surface area contributed by atoms with Crippen molar-refractivity contribution >= 4 is 29.0 Å². The third-order valence-corrected chi connectivity index (χ3v) is 6.20. The van der Waals surface area contributed by atoms with Gasteiger partial charge in [0.1, 0.15) is 5.75 Å². The molecule has 0 saturated carbocycles. The van der Waals surface area contributed by atoms with E-state index in [0.29, 0.717) is 23.8 Å². The summed E-state index contributed by atoms with van der Waals surface area (Å²) in [4.78, 5) is 13.5. The molecule has 0 atom stereocenters. The van der Waals surface area contributed by atoms with E-state index in [1.165, 1.54) is 11.8 Å². The number of thioether (sulfide) groups is 1. The van der Waals surface area contributed by atoms with Crippen LogP contribution < -0.4 is 19.5 Å². The molecule has 0 radical (unpaired) electrons. The first kappa shape index (κ1) is 22.0. The minimum absolute atomic E-state index is 0.111. The summed E-state index contributed by atoms with van der Waals surface area (Å²) < 4.78 is 18.0. The number of amides is 1. The number of nitrogens with zero attached hydrogens (tertiary/aromatic N) is 3. The number of carbonyl (C=O) groups is 1. The van der Waals surface area contributed by atoms with Gasteiger partial charge in [-0.05, 0) is 24.4 Å². The van der Waals surface area contributed by atoms with Crippen molar-refractivity contribution in [3.05, 3.63) is 35.2 Å². The number of thiophene rings is 1. The van der Waals surface area contributed by atoms with Crippen molar-refractivity contribution in [1.29, 1.82) is 0 Å². The maximum absolute atomic E-state index is 12.4. The molecule has 10 heteroatoms. The molecule has 0 bridgehead atoms. The number of hydrogen-bond donors (Lipinski definition) is 1. The molecule has 0 unspecified atom stereocenters. The number of benzene rings is 1. The standard InChI is InChI=1S/C20H24N4O4S2/c1-5-24-19(17-7-6-8-29-17)22-23-20(24)30-12-18(25)21-11-13-9-15(27-3)16(28-4)10-14(13)26-2/h6-10H,5,11-12H2,1-4H3,(H,21,25). The third-order valence-electron chi connectivity index (χ3n) is 4.37. The van der Waals surface area contributed by atoms with E-state index in [2.05, 4.69) is 15.5 Å². The van der Waals surface area contributed by atoms with Crippen LogP contribution in [0.4, 0.5) is 0 Å². The molecule has 30 heavy (non-hydrogen) atoms. The summed E-state index contributed by atoms with van der Waals surface area (Å²) in [5.41, 5.74) is 0.796. The van der Waals surface area contributed by atoms with Crippen LogP contribution in [0.5, 0.6) is 17.2 Å². The van der Waals surface area contributed by atoms with Crippen molar-refractivity contribution in [3.63, 3.8) is 0 Å². The number of aromatic nitrogens is 3. The fourth-order valence-corrected chi connectivity index (χ4v) is 4.42. The molecule has 0 fully saturated rings. The molecular weight excluding hydrogens is 424 g/mol. The van der Waals surface area contributed by atoms with Crippen LogP contribution >= 0.6 is 23.1 Å². The molecule has 3 rings (SSSR count). The number of methoxy groups -OCH3 is 3. The highest BCUT2D eigenvalue weighted by Gasteiger charge is 2.16. The van der Waals surface area contributed by atoms with Gasteiger partial charge in [0.15, 0.2) is 22.5 Å². The monoisotopic (exact) mass is 448 g/mol. The molecule has 0 aliphatic rings. The van der Waals surface area contributed by atoms with Gasteiger partial charge >= 0.3 is 0 Å². The Hall–Kier alpha value is -2.72. The molecule has 1 aromatic carbocycles. The van der Waals surface area contributed by atoms with Crippen LogP contribution in [0.2, 0.25) is 0 Å². The number of rotatable bonds is 10. The smallest absolute Gasteiger partial charge is 0.230 e. The van der Waals surface area contributed by atoms with Gasteiger partial charge < -0.3 is 24.1 Å². The normalized spacial score (nSPS) is 10.7. The Kier molecular flexibility index (Phi) is 7.58. The van der Waals surface area contributed by atoms with Crippen LogP contribution in [-0.2, 0) is 17.9 Å². The van der Waals surface area contributed by atoms with E-state index in [9.17, 15) is 4.79 Å². The Morgan fingerprint density at radius 1 is 1.13 bits per heavy atom. The first-order valence-corrected chi connectivity index (χ1v) is 11.1. The fourth-order valence-electron chi connectivity index (χ4n) is 2.87. The SMILES string of the molecule is CCn1c(SCC(=O)NCc2cc(OC)c(OC)cc2OC)nnc1-c1cccs1. The lowest BCUT2D eigenvalue weighted by molar-refractivity contribution is -0.118. The van der Waals surface area contributed by atoms with Gasteiger partial charge in [0.2, 0.25) is 5.91 Å². The van der Waals surface area contributed by atoms with Gasteiger partial charge in [-0.1, -0.05) is 17.8 Å². The second kappa shape index (κ2) is 10.4. The maximum atomic E-state index is 12.4. The fraction of sp³-hybridized carbons (Fsp3) is 0.350. The van der Waals surface area contributed by atoms with Crippen LogP contribution in [0.15, 0.2) is 34.8 Å². The van der Waals surface area contributed by atoms with Crippen molar-refractivity contribution in [2.45, 2.75) is 25.2 Å². The van der Waals surface area contributed by atoms with E-state index in [4.69, 9.17) is 14.2 Å². The van der Waals surface area contributed by atoms with Gasteiger partial charge in [-0.25, -0.2) is 0 Å². The zero-order valence-corrected chi connectivity index (χ0v) is 18.9. The summed E-state index contributed by atoms with van der Waals surface area (Å²) in [7, 11) is 4.71. The molecule has 2 heterocycles. The second-order valence-corrected chi connectivity index (χ2v) is 8.00. The lowest BCUT2D eigenvalue weighted by Crippen LogP contribution is -2.25. The molecular formula is C20H24N4O4S2. The molecule has 3 aromatic rings. The van der Waals surface area contributed by atoms with Crippen LogP contribution in [0.1, 0.15) is 12.5 Å². The maximum Gasteiger partial charge on any atom is 0.230 e. The lowest BCUT2D eigenvalue weighted by atomic mass is 10.1. The van der Waals surface area contributed by atoms with Gasteiger partial charge in [0.05, 0.1) is 32.0 Å². The molecule has 1 amide bonds. The number of ether oxygens (including phenoxy) is 3. The molecule has 8 nitrogen and oxygen atoms in total. The van der Waals surface area contributed by atoms with Gasteiger partial charge in [0, 0.05) is 24.7 Å². The van der Waals surface area contributed by atoms with Crippen LogP contribution in [0, 0.1) is 0 Å². The van der Waals surface area contributed by atoms with E-state index in [-0.39, 0.29) is 11.7 Å². The highest BCUT2D eigenvalue weighted by atomic mass is 32.2. The Balaban J connectivity index is 1.62. The zero-order valence-electron chi connectivity index (χ0n) is 17.3. The largest absolute Gasteiger partial charge is 0.496 e. The molecule has 0 spiro atoms. The van der Waals surface area contributed by atoms with E-state index in [1.54, 1.807) is 44.8 Å². The minimum atomic E-state index is -0.111. The summed E-state index contributed by atoms with van der Waals surface area (Å²) >= 11 is 2.98. The average molecular weight is 449 g/mol. The topological polar surface area (TPSA) is 87.5 Å². The average Bonchev–Trinajstić information content (AvgIpc) is 3.44. The molecule has 0 saturated heterocycles. The molecule has 1 N–H and O–H groups in total. The van der Waals surface area contributed by atoms with Crippen molar-refractivity contribution in [2.24, 2.45) is 0 Å². The summed E-state index contributed by atoms with van der Waals surface area (Å²) in [6, 6.07) is 7.53. The van der Waals surface area contributed by atoms with Gasteiger partial charge in [0.25, 0.3) is 0 Å². The summed E-state index contributed by atoms with van der Waals surface area (Å²) in [6.07, 6.45) is 0. The van der Waals surface area contributed by atoms with Crippen molar-refractivity contribution < 1.29 is 19.0 Å². The zero-order chi connectivity index (χ0) is 21.5. The quantitative estimate of drug-likeness (QED) is 0.475. The van der Waals surface area contributed by atoms with E-state index in [1.807, 2.05) is 29.0 Å². The van der Waals surface area contributed by atoms with E-state index >= 15 is 0 Å². The first-order valence-electron chi connectivity index (χ1n) is 9.26. The molecule has 2 aromatic heterocycles. The van der Waals surface area contributed by atoms with Crippen molar-refractivity contribution in [3.8, 4) is 28.0 Å². The van der Waals surface area contributed by atoms with Gasteiger partial charge in [-0.15, -0.1) is 21.5 Å². The van der Waals surface area contributed by atoms with E-state index in [0.717, 1.165) is 28.0 Å². The second-order valence-electron chi connectivity index (χ2n) is 6.11. The van der Waals surface area contributed by atoms with Crippen LogP contribution in [-0.4, -0.2) is 47.8 Å². The van der Waals surface area contributed by atoms with Crippen molar-refractivity contribution in [1.82, 2.24) is 20.1 Å². The van der Waals surface area contributed by atoms with E-state index < -0.39 is 0 Å². The number of nitrogens with one attached hydrogen (secondary N) is 1. The predicted molar refractivity (Wildman–Crippen MR) is 118 cm³/mol. The predicted octanol–water partition coefficient (Wildman–Crippen LogP) is 3.46. The van der Waals surface area contributed by atoms with Crippen LogP contribution in [0.3, 0.4) is 0 Å². The summed E-state index contributed by atoms with van der Waals surface area (Å²) in [5, 5.41) is 14.2. The Morgan fingerprint density at radius 2 is 1.87 bits per heavy atom. The highest BCUT2D eigenvalue weighted by Crippen LogP contribution is 2.34. The summed E-state index contributed by atoms with van der Waals surface area (Å²) in [6.45, 7) is 3.07. The molecule has 0 aliphatic heterocycles. The third kappa shape index (κ3) is 4.88. The lowest BCUT2D eigenvalue weighted by Gasteiger charge is -2.14. The Labute approximate surface area is 183 Å².